The first-order valence-electron chi connectivity index (χ1n) is 12.1. The average Bonchev–Trinajstić information content (AvgIpc) is 2.95. The van der Waals surface area contributed by atoms with Crippen molar-refractivity contribution in [3.63, 3.8) is 0 Å². The summed E-state index contributed by atoms with van der Waals surface area (Å²) in [7, 11) is -9.14. The standard InChI is InChI=1S/C30H25NO6P2/c32-38(34-27-18-8-2-9-19-27,35-28-20-10-3-11-21-28)31(26-16-6-1-7-17-26)39(33,36-29-22-12-4-13-23-29)37-30-24-14-5-15-25-30/h1-25H. The van der Waals surface area contributed by atoms with Crippen LogP contribution in [-0.4, -0.2) is 0 Å². The van der Waals surface area contributed by atoms with Crippen molar-refractivity contribution in [1.29, 1.82) is 0 Å². The van der Waals surface area contributed by atoms with E-state index in [0.29, 0.717) is 0 Å². The molecule has 0 aliphatic carbocycles. The maximum absolute atomic E-state index is 15.0. The molecule has 0 saturated heterocycles. The Hall–Kier alpha value is -4.44. The monoisotopic (exact) mass is 557 g/mol. The maximum Gasteiger partial charge on any atom is 0.555 e. The molecular formula is C30H25NO6P2. The van der Waals surface area contributed by atoms with Gasteiger partial charge in [0.25, 0.3) is 0 Å². The molecule has 0 aliphatic rings. The van der Waals surface area contributed by atoms with Crippen LogP contribution in [0, 0.1) is 0 Å². The van der Waals surface area contributed by atoms with Crippen LogP contribution in [0.15, 0.2) is 152 Å². The van der Waals surface area contributed by atoms with Gasteiger partial charge in [-0.2, -0.15) is 0 Å². The summed E-state index contributed by atoms with van der Waals surface area (Å²) in [5.74, 6) is 0.958. The van der Waals surface area contributed by atoms with Crippen molar-refractivity contribution in [2.75, 3.05) is 4.44 Å². The Balaban J connectivity index is 1.71. The quantitative estimate of drug-likeness (QED) is 0.150. The molecule has 0 aromatic heterocycles. The first-order valence-corrected chi connectivity index (χ1v) is 15.1. The zero-order chi connectivity index (χ0) is 27.0. The lowest BCUT2D eigenvalue weighted by molar-refractivity contribution is 0.364. The third-order valence-electron chi connectivity index (χ3n) is 5.31. The van der Waals surface area contributed by atoms with Gasteiger partial charge >= 0.3 is 15.5 Å². The summed E-state index contributed by atoms with van der Waals surface area (Å²) in [6, 6.07) is 42.6. The normalized spacial score (nSPS) is 11.3. The Morgan fingerprint density at radius 2 is 0.590 bits per heavy atom. The number of anilines is 1. The van der Waals surface area contributed by atoms with Gasteiger partial charge in [0, 0.05) is 0 Å². The van der Waals surface area contributed by atoms with Gasteiger partial charge in [0.1, 0.15) is 23.0 Å². The minimum absolute atomic E-state index is 0.239. The highest BCUT2D eigenvalue weighted by molar-refractivity contribution is 7.75. The van der Waals surface area contributed by atoms with Crippen LogP contribution >= 0.6 is 15.5 Å². The molecule has 5 aromatic carbocycles. The van der Waals surface area contributed by atoms with Gasteiger partial charge < -0.3 is 18.1 Å². The van der Waals surface area contributed by atoms with Crippen molar-refractivity contribution in [1.82, 2.24) is 0 Å². The third-order valence-corrected chi connectivity index (χ3v) is 9.78. The molecule has 0 atom stereocenters. The molecule has 0 aliphatic heterocycles. The van der Waals surface area contributed by atoms with E-state index in [1.54, 1.807) is 152 Å². The smallest absolute Gasteiger partial charge is 0.400 e. The predicted molar refractivity (Wildman–Crippen MR) is 152 cm³/mol. The zero-order valence-electron chi connectivity index (χ0n) is 20.7. The van der Waals surface area contributed by atoms with E-state index < -0.39 is 15.5 Å². The summed E-state index contributed by atoms with van der Waals surface area (Å²) >= 11 is 0. The number of rotatable bonds is 11. The highest BCUT2D eigenvalue weighted by Crippen LogP contribution is 2.68. The average molecular weight is 557 g/mol. The van der Waals surface area contributed by atoms with E-state index in [9.17, 15) is 0 Å². The second-order valence-electron chi connectivity index (χ2n) is 8.18. The van der Waals surface area contributed by atoms with Gasteiger partial charge in [-0.05, 0) is 60.7 Å². The number of para-hydroxylation sites is 5. The van der Waals surface area contributed by atoms with Crippen LogP contribution in [0.5, 0.6) is 23.0 Å². The number of hydrogen-bond donors (Lipinski definition) is 0. The third kappa shape index (κ3) is 6.53. The van der Waals surface area contributed by atoms with E-state index in [-0.39, 0.29) is 28.7 Å². The highest BCUT2D eigenvalue weighted by Gasteiger charge is 2.54. The predicted octanol–water partition coefficient (Wildman–Crippen LogP) is 9.03. The summed E-state index contributed by atoms with van der Waals surface area (Å²) in [5, 5.41) is 0. The number of hydrogen-bond acceptors (Lipinski definition) is 6. The molecule has 5 aromatic rings. The molecule has 9 heteroatoms. The Bertz CT molecular complexity index is 1360. The van der Waals surface area contributed by atoms with Crippen LogP contribution in [-0.2, 0) is 9.13 Å². The van der Waals surface area contributed by atoms with Crippen molar-refractivity contribution in [3.05, 3.63) is 152 Å². The molecule has 0 bridgehead atoms. The van der Waals surface area contributed by atoms with E-state index >= 15 is 9.13 Å². The van der Waals surface area contributed by atoms with E-state index in [0.717, 1.165) is 4.44 Å². The van der Waals surface area contributed by atoms with Gasteiger partial charge in [-0.15, -0.1) is 4.44 Å². The van der Waals surface area contributed by atoms with Gasteiger partial charge in [-0.3, -0.25) is 0 Å². The summed E-state index contributed by atoms with van der Waals surface area (Å²) in [6.45, 7) is 0. The highest BCUT2D eigenvalue weighted by atomic mass is 31.3. The molecule has 0 amide bonds. The van der Waals surface area contributed by atoms with Crippen molar-refractivity contribution in [2.45, 2.75) is 0 Å². The fraction of sp³-hybridized carbons (Fsp3) is 0. The minimum atomic E-state index is -4.57. The SMILES string of the molecule is O=P(Oc1ccccc1)(Oc1ccccc1)N(c1ccccc1)P(=O)(Oc1ccccc1)Oc1ccccc1. The van der Waals surface area contributed by atoms with Gasteiger partial charge in [0.2, 0.25) is 0 Å². The van der Waals surface area contributed by atoms with Crippen LogP contribution < -0.4 is 22.5 Å². The first kappa shape index (κ1) is 26.2. The Morgan fingerprint density at radius 3 is 0.846 bits per heavy atom. The molecule has 0 spiro atoms. The lowest BCUT2D eigenvalue weighted by Crippen LogP contribution is -2.27. The molecule has 0 radical (unpaired) electrons. The van der Waals surface area contributed by atoms with E-state index in [4.69, 9.17) is 18.1 Å². The molecule has 5 rings (SSSR count). The van der Waals surface area contributed by atoms with Crippen molar-refractivity contribution >= 4 is 21.2 Å². The fourth-order valence-electron chi connectivity index (χ4n) is 3.63. The Labute approximate surface area is 227 Å². The second-order valence-corrected chi connectivity index (χ2v) is 11.9. The molecule has 0 unspecified atom stereocenters. The van der Waals surface area contributed by atoms with Crippen LogP contribution in [0.4, 0.5) is 5.69 Å². The first-order chi connectivity index (χ1) is 19.0. The van der Waals surface area contributed by atoms with E-state index in [1.165, 1.54) is 0 Å². The van der Waals surface area contributed by atoms with Gasteiger partial charge in [-0.1, -0.05) is 91.0 Å². The van der Waals surface area contributed by atoms with Crippen LogP contribution in [0.2, 0.25) is 0 Å². The van der Waals surface area contributed by atoms with Crippen molar-refractivity contribution in [3.8, 4) is 23.0 Å². The molecule has 0 saturated carbocycles. The summed E-state index contributed by atoms with van der Waals surface area (Å²) < 4.78 is 55.3. The van der Waals surface area contributed by atoms with E-state index in [2.05, 4.69) is 0 Å². The number of nitrogens with zero attached hydrogens (tertiary/aromatic N) is 1. The summed E-state index contributed by atoms with van der Waals surface area (Å²) in [4.78, 5) is 0. The summed E-state index contributed by atoms with van der Waals surface area (Å²) in [5.41, 5.74) is 0.239. The number of benzene rings is 5. The Kier molecular flexibility index (Phi) is 8.02. The van der Waals surface area contributed by atoms with Crippen molar-refractivity contribution < 1.29 is 27.2 Å². The van der Waals surface area contributed by atoms with Gasteiger partial charge in [-0.25, -0.2) is 9.13 Å². The van der Waals surface area contributed by atoms with E-state index in [1.807, 2.05) is 0 Å². The lowest BCUT2D eigenvalue weighted by atomic mass is 10.3. The molecule has 0 N–H and O–H groups in total. The molecule has 39 heavy (non-hydrogen) atoms. The maximum atomic E-state index is 15.0. The van der Waals surface area contributed by atoms with Crippen LogP contribution in [0.3, 0.4) is 0 Å². The van der Waals surface area contributed by atoms with Crippen LogP contribution in [0.25, 0.3) is 0 Å². The van der Waals surface area contributed by atoms with Crippen molar-refractivity contribution in [2.24, 2.45) is 0 Å². The topological polar surface area (TPSA) is 74.3 Å². The van der Waals surface area contributed by atoms with Gasteiger partial charge in [0.15, 0.2) is 0 Å². The molecular weight excluding hydrogens is 532 g/mol. The lowest BCUT2D eigenvalue weighted by Gasteiger charge is -2.35. The Morgan fingerprint density at radius 1 is 0.359 bits per heavy atom. The van der Waals surface area contributed by atoms with Gasteiger partial charge in [0.05, 0.1) is 5.69 Å². The largest absolute Gasteiger partial charge is 0.555 e. The zero-order valence-corrected chi connectivity index (χ0v) is 22.5. The van der Waals surface area contributed by atoms with Crippen LogP contribution in [0.1, 0.15) is 0 Å². The molecule has 0 heterocycles. The molecule has 0 fully saturated rings. The molecule has 7 nitrogen and oxygen atoms in total. The summed E-state index contributed by atoms with van der Waals surface area (Å²) in [6.07, 6.45) is 0. The minimum Gasteiger partial charge on any atom is -0.400 e. The fourth-order valence-corrected chi connectivity index (χ4v) is 7.91. The second kappa shape index (κ2) is 12.0. The molecule has 196 valence electrons.